The van der Waals surface area contributed by atoms with E-state index in [0.717, 1.165) is 25.7 Å². The van der Waals surface area contributed by atoms with Crippen LogP contribution >= 0.6 is 0 Å². The van der Waals surface area contributed by atoms with Crippen LogP contribution < -0.4 is 5.73 Å². The molecule has 3 nitrogen and oxygen atoms in total. The SMILES string of the molecule is CCCCC(CC)OC(=O)c1ccc(N)cc1. The number of unbranched alkanes of at least 4 members (excludes halogenated alkanes) is 1. The Kier molecular flexibility index (Phi) is 5.53. The molecule has 2 N–H and O–H groups in total. The summed E-state index contributed by atoms with van der Waals surface area (Å²) in [4.78, 5) is 11.8. The van der Waals surface area contributed by atoms with Crippen LogP contribution in [0.5, 0.6) is 0 Å². The lowest BCUT2D eigenvalue weighted by atomic mass is 10.1. The lowest BCUT2D eigenvalue weighted by Gasteiger charge is -2.15. The standard InChI is InChI=1S/C14H21NO2/c1-3-5-6-13(4-2)17-14(16)11-7-9-12(15)10-8-11/h7-10,13H,3-6,15H2,1-2H3. The minimum atomic E-state index is -0.257. The predicted molar refractivity (Wildman–Crippen MR) is 69.9 cm³/mol. The average Bonchev–Trinajstić information content (AvgIpc) is 2.35. The second-order valence-electron chi connectivity index (χ2n) is 4.20. The first kappa shape index (κ1) is 13.6. The highest BCUT2D eigenvalue weighted by atomic mass is 16.5. The monoisotopic (exact) mass is 235 g/mol. The Morgan fingerprint density at radius 2 is 1.94 bits per heavy atom. The summed E-state index contributed by atoms with van der Waals surface area (Å²) in [6.07, 6.45) is 4.04. The van der Waals surface area contributed by atoms with Crippen molar-refractivity contribution in [2.45, 2.75) is 45.6 Å². The summed E-state index contributed by atoms with van der Waals surface area (Å²) in [7, 11) is 0. The van der Waals surface area contributed by atoms with E-state index in [1.54, 1.807) is 24.3 Å². The van der Waals surface area contributed by atoms with E-state index in [9.17, 15) is 4.79 Å². The van der Waals surface area contributed by atoms with E-state index < -0.39 is 0 Å². The fraction of sp³-hybridized carbons (Fsp3) is 0.500. The van der Waals surface area contributed by atoms with Crippen LogP contribution in [0.25, 0.3) is 0 Å². The molecule has 94 valence electrons. The summed E-state index contributed by atoms with van der Waals surface area (Å²) in [5.74, 6) is -0.257. The number of hydrogen-bond acceptors (Lipinski definition) is 3. The summed E-state index contributed by atoms with van der Waals surface area (Å²) in [6.45, 7) is 4.17. The van der Waals surface area contributed by atoms with Gasteiger partial charge in [-0.15, -0.1) is 0 Å². The number of carbonyl (C=O) groups is 1. The van der Waals surface area contributed by atoms with Crippen LogP contribution in [0.4, 0.5) is 5.69 Å². The topological polar surface area (TPSA) is 52.3 Å². The van der Waals surface area contributed by atoms with Crippen molar-refractivity contribution in [3.63, 3.8) is 0 Å². The van der Waals surface area contributed by atoms with Gasteiger partial charge >= 0.3 is 5.97 Å². The fourth-order valence-electron chi connectivity index (χ4n) is 1.62. The van der Waals surface area contributed by atoms with Crippen LogP contribution in [0.15, 0.2) is 24.3 Å². The number of esters is 1. The molecular formula is C14H21NO2. The summed E-state index contributed by atoms with van der Waals surface area (Å²) >= 11 is 0. The number of hydrogen-bond donors (Lipinski definition) is 1. The van der Waals surface area contributed by atoms with Crippen molar-refractivity contribution >= 4 is 11.7 Å². The van der Waals surface area contributed by atoms with E-state index in [1.807, 2.05) is 6.92 Å². The second-order valence-corrected chi connectivity index (χ2v) is 4.20. The maximum atomic E-state index is 11.8. The molecule has 0 heterocycles. The maximum absolute atomic E-state index is 11.8. The van der Waals surface area contributed by atoms with E-state index in [0.29, 0.717) is 11.3 Å². The molecule has 0 aliphatic heterocycles. The van der Waals surface area contributed by atoms with Gasteiger partial charge in [0.05, 0.1) is 5.56 Å². The highest BCUT2D eigenvalue weighted by Gasteiger charge is 2.13. The van der Waals surface area contributed by atoms with Gasteiger partial charge in [0, 0.05) is 5.69 Å². The molecule has 17 heavy (non-hydrogen) atoms. The van der Waals surface area contributed by atoms with Crippen LogP contribution in [-0.2, 0) is 4.74 Å². The van der Waals surface area contributed by atoms with Crippen molar-refractivity contribution in [1.29, 1.82) is 0 Å². The van der Waals surface area contributed by atoms with E-state index in [2.05, 4.69) is 6.92 Å². The van der Waals surface area contributed by atoms with Gasteiger partial charge < -0.3 is 10.5 Å². The number of anilines is 1. The third-order valence-electron chi connectivity index (χ3n) is 2.76. The number of rotatable bonds is 6. The molecule has 0 amide bonds. The molecule has 0 aromatic heterocycles. The molecule has 0 radical (unpaired) electrons. The molecule has 0 spiro atoms. The lowest BCUT2D eigenvalue weighted by Crippen LogP contribution is -2.17. The first-order chi connectivity index (χ1) is 8.17. The van der Waals surface area contributed by atoms with Crippen LogP contribution in [0.2, 0.25) is 0 Å². The first-order valence-electron chi connectivity index (χ1n) is 6.23. The number of carbonyl (C=O) groups excluding carboxylic acids is 1. The maximum Gasteiger partial charge on any atom is 0.338 e. The molecule has 1 unspecified atom stereocenters. The van der Waals surface area contributed by atoms with Gasteiger partial charge in [-0.1, -0.05) is 26.7 Å². The van der Waals surface area contributed by atoms with Crippen molar-refractivity contribution in [1.82, 2.24) is 0 Å². The number of benzene rings is 1. The zero-order valence-corrected chi connectivity index (χ0v) is 10.6. The van der Waals surface area contributed by atoms with Gasteiger partial charge in [-0.25, -0.2) is 4.79 Å². The summed E-state index contributed by atoms with van der Waals surface area (Å²) in [5, 5.41) is 0. The second kappa shape index (κ2) is 6.94. The Balaban J connectivity index is 2.54. The van der Waals surface area contributed by atoms with Crippen molar-refractivity contribution in [3.8, 4) is 0 Å². The van der Waals surface area contributed by atoms with Crippen molar-refractivity contribution < 1.29 is 9.53 Å². The molecule has 1 atom stereocenters. The van der Waals surface area contributed by atoms with Crippen LogP contribution in [0.1, 0.15) is 49.9 Å². The molecular weight excluding hydrogens is 214 g/mol. The predicted octanol–water partition coefficient (Wildman–Crippen LogP) is 3.39. The highest BCUT2D eigenvalue weighted by molar-refractivity contribution is 5.89. The van der Waals surface area contributed by atoms with Crippen LogP contribution in [0, 0.1) is 0 Å². The largest absolute Gasteiger partial charge is 0.459 e. The zero-order chi connectivity index (χ0) is 12.7. The molecule has 0 aliphatic rings. The summed E-state index contributed by atoms with van der Waals surface area (Å²) in [5.41, 5.74) is 6.78. The van der Waals surface area contributed by atoms with Crippen molar-refractivity contribution in [3.05, 3.63) is 29.8 Å². The Hall–Kier alpha value is -1.51. The molecule has 0 fully saturated rings. The number of nitrogen functional groups attached to an aromatic ring is 1. The average molecular weight is 235 g/mol. The first-order valence-corrected chi connectivity index (χ1v) is 6.23. The molecule has 0 saturated heterocycles. The van der Waals surface area contributed by atoms with Crippen molar-refractivity contribution in [2.24, 2.45) is 0 Å². The minimum absolute atomic E-state index is 0.0278. The third-order valence-corrected chi connectivity index (χ3v) is 2.76. The molecule has 0 saturated carbocycles. The Bertz CT molecular complexity index is 346. The number of ether oxygens (including phenoxy) is 1. The van der Waals surface area contributed by atoms with Crippen LogP contribution in [0.3, 0.4) is 0 Å². The Morgan fingerprint density at radius 3 is 2.47 bits per heavy atom. The Morgan fingerprint density at radius 1 is 1.29 bits per heavy atom. The smallest absolute Gasteiger partial charge is 0.338 e. The third kappa shape index (κ3) is 4.47. The van der Waals surface area contributed by atoms with E-state index in [-0.39, 0.29) is 12.1 Å². The quantitative estimate of drug-likeness (QED) is 0.607. The number of nitrogens with two attached hydrogens (primary N) is 1. The van der Waals surface area contributed by atoms with Gasteiger partial charge in [0.2, 0.25) is 0 Å². The van der Waals surface area contributed by atoms with Crippen molar-refractivity contribution in [2.75, 3.05) is 5.73 Å². The van der Waals surface area contributed by atoms with Gasteiger partial charge in [0.15, 0.2) is 0 Å². The van der Waals surface area contributed by atoms with Gasteiger partial charge in [-0.05, 0) is 37.1 Å². The molecule has 3 heteroatoms. The molecule has 1 aromatic carbocycles. The normalized spacial score (nSPS) is 12.1. The summed E-state index contributed by atoms with van der Waals surface area (Å²) < 4.78 is 5.45. The lowest BCUT2D eigenvalue weighted by molar-refractivity contribution is 0.0268. The van der Waals surface area contributed by atoms with E-state index >= 15 is 0 Å². The minimum Gasteiger partial charge on any atom is -0.459 e. The van der Waals surface area contributed by atoms with Gasteiger partial charge in [0.25, 0.3) is 0 Å². The molecule has 0 aliphatic carbocycles. The van der Waals surface area contributed by atoms with Gasteiger partial charge in [-0.2, -0.15) is 0 Å². The fourth-order valence-corrected chi connectivity index (χ4v) is 1.62. The highest BCUT2D eigenvalue weighted by Crippen LogP contribution is 2.13. The molecule has 1 rings (SSSR count). The van der Waals surface area contributed by atoms with Gasteiger partial charge in [-0.3, -0.25) is 0 Å². The molecule has 1 aromatic rings. The Labute approximate surface area is 103 Å². The molecule has 0 bridgehead atoms. The van der Waals surface area contributed by atoms with Gasteiger partial charge in [0.1, 0.15) is 6.10 Å². The summed E-state index contributed by atoms with van der Waals surface area (Å²) in [6, 6.07) is 6.82. The van der Waals surface area contributed by atoms with Crippen LogP contribution in [-0.4, -0.2) is 12.1 Å². The zero-order valence-electron chi connectivity index (χ0n) is 10.6. The van der Waals surface area contributed by atoms with E-state index in [1.165, 1.54) is 0 Å². The van der Waals surface area contributed by atoms with E-state index in [4.69, 9.17) is 10.5 Å².